The fraction of sp³-hybridized carbons (Fsp3) is 0.550. The number of aliphatic hydroxyl groups is 1. The van der Waals surface area contributed by atoms with Crippen molar-refractivity contribution in [1.82, 2.24) is 5.32 Å². The van der Waals surface area contributed by atoms with E-state index in [1.165, 1.54) is 20.8 Å². The zero-order valence-corrected chi connectivity index (χ0v) is 18.8. The molecule has 3 N–H and O–H groups in total. The molecule has 31 heavy (non-hydrogen) atoms. The van der Waals surface area contributed by atoms with E-state index in [9.17, 15) is 33.0 Å². The Bertz CT molecular complexity index is 883. The average molecular weight is 460 g/mol. The highest BCUT2D eigenvalue weighted by molar-refractivity contribution is 7.86. The van der Waals surface area contributed by atoms with Crippen molar-refractivity contribution < 1.29 is 41.9 Å². The minimum absolute atomic E-state index is 0.0162. The molecule has 0 heterocycles. The lowest BCUT2D eigenvalue weighted by atomic mass is 9.71. The van der Waals surface area contributed by atoms with Crippen LogP contribution in [0.3, 0.4) is 0 Å². The Morgan fingerprint density at radius 1 is 1.13 bits per heavy atom. The monoisotopic (exact) mass is 459 g/mol. The minimum Gasteiger partial charge on any atom is -0.479 e. The van der Waals surface area contributed by atoms with Gasteiger partial charge in [-0.15, -0.1) is 0 Å². The number of carbonyl (C=O) groups excluding carboxylic acids is 2. The molecule has 2 atom stereocenters. The summed E-state index contributed by atoms with van der Waals surface area (Å²) in [5, 5.41) is 23.4. The lowest BCUT2D eigenvalue weighted by Crippen LogP contribution is -2.60. The Morgan fingerprint density at radius 3 is 2.19 bits per heavy atom. The Morgan fingerprint density at radius 2 is 1.71 bits per heavy atom. The van der Waals surface area contributed by atoms with E-state index in [1.807, 2.05) is 0 Å². The van der Waals surface area contributed by atoms with Gasteiger partial charge in [0.15, 0.2) is 5.60 Å². The van der Waals surface area contributed by atoms with E-state index in [4.69, 9.17) is 8.92 Å². The summed E-state index contributed by atoms with van der Waals surface area (Å²) in [7, 11) is -4.30. The number of aliphatic carboxylic acids is 1. The third-order valence-corrected chi connectivity index (χ3v) is 6.02. The number of nitrogens with one attached hydrogen (secondary N) is 1. The molecule has 0 saturated heterocycles. The van der Waals surface area contributed by atoms with Gasteiger partial charge in [-0.25, -0.2) is 8.98 Å². The van der Waals surface area contributed by atoms with Gasteiger partial charge in [0.1, 0.15) is 0 Å². The van der Waals surface area contributed by atoms with Gasteiger partial charge < -0.3 is 20.3 Å². The van der Waals surface area contributed by atoms with Gasteiger partial charge >= 0.3 is 11.9 Å². The summed E-state index contributed by atoms with van der Waals surface area (Å²) < 4.78 is 34.9. The lowest BCUT2D eigenvalue weighted by molar-refractivity contribution is -0.221. The van der Waals surface area contributed by atoms with E-state index < -0.39 is 45.1 Å². The first-order valence-corrected chi connectivity index (χ1v) is 11.1. The molecule has 0 fully saturated rings. The summed E-state index contributed by atoms with van der Waals surface area (Å²) in [6, 6.07) is 8.23. The topological polar surface area (TPSA) is 156 Å². The largest absolute Gasteiger partial charge is 0.479 e. The number of carboxylic acids is 1. The highest BCUT2D eigenvalue weighted by atomic mass is 32.2. The van der Waals surface area contributed by atoms with E-state index in [0.29, 0.717) is 5.56 Å². The van der Waals surface area contributed by atoms with Crippen molar-refractivity contribution in [2.45, 2.75) is 52.4 Å². The predicted molar refractivity (Wildman–Crippen MR) is 110 cm³/mol. The first kappa shape index (κ1) is 26.5. The Balaban J connectivity index is 3.18. The van der Waals surface area contributed by atoms with Crippen molar-refractivity contribution >= 4 is 28.0 Å². The second-order valence-corrected chi connectivity index (χ2v) is 9.40. The Labute approximate surface area is 181 Å². The number of hydrogen-bond acceptors (Lipinski definition) is 8. The zero-order valence-electron chi connectivity index (χ0n) is 18.0. The smallest absolute Gasteiger partial charge is 0.336 e. The SMILES string of the molecule is CC(=O)NCCCS(=O)(=O)OC(OC(C)=O)C(C)(C)[C@](O)(Cc1ccccc1)C(=O)O. The standard InChI is InChI=1S/C20H29NO9S/c1-14(22)21-11-8-12-31(27,28)30-18(29-15(2)23)19(3,4)20(26,17(24)25)13-16-9-6-5-7-10-16/h5-7,9-10,18,26H,8,11-13H2,1-4H3,(H,21,22)(H,24,25)/t18?,20-/m0/s1. The summed E-state index contributed by atoms with van der Waals surface area (Å²) in [5.41, 5.74) is -3.95. The van der Waals surface area contributed by atoms with Gasteiger partial charge in [0.2, 0.25) is 12.2 Å². The zero-order chi connectivity index (χ0) is 23.9. The number of ether oxygens (including phenoxy) is 1. The number of carbonyl (C=O) groups is 3. The van der Waals surface area contributed by atoms with Crippen LogP contribution in [-0.2, 0) is 39.8 Å². The predicted octanol–water partition coefficient (Wildman–Crippen LogP) is 0.833. The maximum Gasteiger partial charge on any atom is 0.336 e. The van der Waals surface area contributed by atoms with E-state index in [1.54, 1.807) is 30.3 Å². The van der Waals surface area contributed by atoms with Gasteiger partial charge in [0.05, 0.1) is 11.2 Å². The fourth-order valence-corrected chi connectivity index (χ4v) is 3.94. The van der Waals surface area contributed by atoms with Gasteiger partial charge in [-0.05, 0) is 12.0 Å². The van der Waals surface area contributed by atoms with Crippen molar-refractivity contribution in [2.75, 3.05) is 12.3 Å². The van der Waals surface area contributed by atoms with E-state index >= 15 is 0 Å². The number of carboxylic acid groups (broad SMARTS) is 1. The highest BCUT2D eigenvalue weighted by Gasteiger charge is 2.57. The van der Waals surface area contributed by atoms with Crippen LogP contribution in [0, 0.1) is 5.41 Å². The quantitative estimate of drug-likeness (QED) is 0.178. The van der Waals surface area contributed by atoms with Gasteiger partial charge in [0, 0.05) is 26.8 Å². The molecule has 10 nitrogen and oxygen atoms in total. The van der Waals surface area contributed by atoms with Crippen molar-refractivity contribution in [3.8, 4) is 0 Å². The van der Waals surface area contributed by atoms with Crippen LogP contribution >= 0.6 is 0 Å². The van der Waals surface area contributed by atoms with Crippen LogP contribution in [0.4, 0.5) is 0 Å². The molecular formula is C20H29NO9S. The molecule has 0 aromatic heterocycles. The van der Waals surface area contributed by atoms with Gasteiger partial charge in [-0.3, -0.25) is 9.59 Å². The third kappa shape index (κ3) is 7.60. The Hall–Kier alpha value is -2.50. The molecule has 1 aromatic rings. The van der Waals surface area contributed by atoms with Crippen LogP contribution in [0.15, 0.2) is 30.3 Å². The molecule has 0 spiro atoms. The number of benzene rings is 1. The molecule has 1 amide bonds. The van der Waals surface area contributed by atoms with Gasteiger partial charge in [0.25, 0.3) is 10.1 Å². The molecule has 0 saturated carbocycles. The molecule has 0 aliphatic rings. The molecule has 1 unspecified atom stereocenters. The second kappa shape index (κ2) is 10.7. The molecule has 0 bridgehead atoms. The second-order valence-electron chi connectivity index (χ2n) is 7.69. The summed E-state index contributed by atoms with van der Waals surface area (Å²) in [6.07, 6.45) is -2.29. The molecule has 0 aliphatic carbocycles. The third-order valence-electron chi connectivity index (χ3n) is 4.76. The van der Waals surface area contributed by atoms with E-state index in [-0.39, 0.29) is 25.3 Å². The minimum atomic E-state index is -4.30. The van der Waals surface area contributed by atoms with Crippen molar-refractivity contribution in [2.24, 2.45) is 5.41 Å². The van der Waals surface area contributed by atoms with Crippen molar-refractivity contribution in [3.05, 3.63) is 35.9 Å². The molecule has 174 valence electrons. The molecule has 11 heteroatoms. The van der Waals surface area contributed by atoms with Gasteiger partial charge in [-0.2, -0.15) is 8.42 Å². The van der Waals surface area contributed by atoms with E-state index in [2.05, 4.69) is 5.32 Å². The van der Waals surface area contributed by atoms with Crippen molar-refractivity contribution in [3.63, 3.8) is 0 Å². The van der Waals surface area contributed by atoms with Crippen LogP contribution in [0.1, 0.15) is 39.7 Å². The molecule has 0 radical (unpaired) electrons. The summed E-state index contributed by atoms with van der Waals surface area (Å²) in [6.45, 7) is 4.85. The van der Waals surface area contributed by atoms with Crippen LogP contribution in [0.5, 0.6) is 0 Å². The Kier molecular flexibility index (Phi) is 9.15. The maximum atomic E-state index is 12.4. The summed E-state index contributed by atoms with van der Waals surface area (Å²) >= 11 is 0. The van der Waals surface area contributed by atoms with Gasteiger partial charge in [-0.1, -0.05) is 44.2 Å². The number of hydrogen-bond donors (Lipinski definition) is 3. The summed E-state index contributed by atoms with van der Waals surface area (Å²) in [5.74, 6) is -3.40. The molecule has 1 aromatic carbocycles. The maximum absolute atomic E-state index is 12.4. The van der Waals surface area contributed by atoms with Crippen molar-refractivity contribution in [1.29, 1.82) is 0 Å². The fourth-order valence-electron chi connectivity index (χ4n) is 2.80. The van der Waals surface area contributed by atoms with Crippen LogP contribution in [-0.4, -0.2) is 60.7 Å². The number of esters is 1. The molecule has 0 aliphatic heterocycles. The normalized spacial score (nSPS) is 14.9. The van der Waals surface area contributed by atoms with E-state index in [0.717, 1.165) is 6.92 Å². The van der Waals surface area contributed by atoms with Crippen LogP contribution in [0.2, 0.25) is 0 Å². The lowest BCUT2D eigenvalue weighted by Gasteiger charge is -2.42. The highest BCUT2D eigenvalue weighted by Crippen LogP contribution is 2.40. The van der Waals surface area contributed by atoms with Crippen LogP contribution in [0.25, 0.3) is 0 Å². The van der Waals surface area contributed by atoms with Crippen LogP contribution < -0.4 is 5.32 Å². The summed E-state index contributed by atoms with van der Waals surface area (Å²) in [4.78, 5) is 34.6. The molecular weight excluding hydrogens is 430 g/mol. The number of rotatable bonds is 12. The molecule has 1 rings (SSSR count). The first-order valence-electron chi connectivity index (χ1n) is 9.53. The first-order chi connectivity index (χ1) is 14.2. The number of amides is 1. The average Bonchev–Trinajstić information content (AvgIpc) is 2.64.